The molecule has 0 spiro atoms. The predicted molar refractivity (Wildman–Crippen MR) is 108 cm³/mol. The molecule has 0 radical (unpaired) electrons. The van der Waals surface area contributed by atoms with E-state index in [0.29, 0.717) is 5.41 Å². The van der Waals surface area contributed by atoms with Crippen molar-refractivity contribution in [2.45, 2.75) is 51.5 Å². The predicted octanol–water partition coefficient (Wildman–Crippen LogP) is 4.94. The van der Waals surface area contributed by atoms with Crippen LogP contribution in [0.4, 0.5) is 0 Å². The molecule has 0 saturated heterocycles. The van der Waals surface area contributed by atoms with E-state index in [-0.39, 0.29) is 18.6 Å². The van der Waals surface area contributed by atoms with Gasteiger partial charge in [0.25, 0.3) is 5.91 Å². The second-order valence-electron chi connectivity index (χ2n) is 9.34. The van der Waals surface area contributed by atoms with Crippen molar-refractivity contribution >= 4 is 16.7 Å². The summed E-state index contributed by atoms with van der Waals surface area (Å²) in [5.74, 6) is 3.50. The highest BCUT2D eigenvalue weighted by Crippen LogP contribution is 2.61. The number of rotatable bonds is 5. The Morgan fingerprint density at radius 1 is 1.04 bits per heavy atom. The molecule has 3 heteroatoms. The summed E-state index contributed by atoms with van der Waals surface area (Å²) in [6.45, 7) is 2.31. The summed E-state index contributed by atoms with van der Waals surface area (Å²) in [4.78, 5) is 12.6. The fraction of sp³-hybridized carbons (Fsp3) is 0.542. The van der Waals surface area contributed by atoms with Crippen LogP contribution in [-0.4, -0.2) is 18.6 Å². The van der Waals surface area contributed by atoms with Crippen LogP contribution in [-0.2, 0) is 4.79 Å². The number of hydrogen-bond donors (Lipinski definition) is 1. The van der Waals surface area contributed by atoms with E-state index in [1.165, 1.54) is 38.5 Å². The summed E-state index contributed by atoms with van der Waals surface area (Å²) < 4.78 is 5.89. The molecule has 0 aliphatic heterocycles. The number of benzene rings is 2. The fourth-order valence-corrected chi connectivity index (χ4v) is 6.61. The van der Waals surface area contributed by atoms with Crippen molar-refractivity contribution in [2.24, 2.45) is 23.2 Å². The Morgan fingerprint density at radius 3 is 2.37 bits per heavy atom. The standard InChI is InChI=1S/C24H29NO2/c1-16(24-12-17-9-18(13-24)11-19(10-17)14-24)25-23(26)15-27-22-8-4-6-20-5-2-3-7-21(20)22/h2-8,16-19H,9-15H2,1H3,(H,25,26)/t16-,17?,18?,19?,24?/m0/s1. The summed E-state index contributed by atoms with van der Waals surface area (Å²) in [7, 11) is 0. The molecule has 0 aromatic heterocycles. The first-order valence-corrected chi connectivity index (χ1v) is 10.5. The molecule has 4 aliphatic carbocycles. The molecule has 3 nitrogen and oxygen atoms in total. The molecule has 1 N–H and O–H groups in total. The van der Waals surface area contributed by atoms with Crippen LogP contribution in [0.3, 0.4) is 0 Å². The second kappa shape index (κ2) is 6.54. The number of amides is 1. The van der Waals surface area contributed by atoms with Gasteiger partial charge in [-0.05, 0) is 80.1 Å². The van der Waals surface area contributed by atoms with Gasteiger partial charge >= 0.3 is 0 Å². The van der Waals surface area contributed by atoms with Crippen molar-refractivity contribution in [2.75, 3.05) is 6.61 Å². The number of fused-ring (bicyclic) bond motifs is 1. The Hall–Kier alpha value is -2.03. The zero-order valence-electron chi connectivity index (χ0n) is 16.1. The third-order valence-electron chi connectivity index (χ3n) is 7.49. The molecule has 27 heavy (non-hydrogen) atoms. The van der Waals surface area contributed by atoms with E-state index in [0.717, 1.165) is 34.3 Å². The Kier molecular flexibility index (Phi) is 4.14. The van der Waals surface area contributed by atoms with Crippen LogP contribution in [0.2, 0.25) is 0 Å². The van der Waals surface area contributed by atoms with Crippen LogP contribution in [0.25, 0.3) is 10.8 Å². The van der Waals surface area contributed by atoms with Gasteiger partial charge in [-0.2, -0.15) is 0 Å². The van der Waals surface area contributed by atoms with Crippen molar-refractivity contribution in [1.82, 2.24) is 5.32 Å². The van der Waals surface area contributed by atoms with Gasteiger partial charge in [0, 0.05) is 11.4 Å². The lowest BCUT2D eigenvalue weighted by atomic mass is 9.48. The van der Waals surface area contributed by atoms with Gasteiger partial charge in [0.15, 0.2) is 6.61 Å². The van der Waals surface area contributed by atoms with Crippen LogP contribution < -0.4 is 10.1 Å². The monoisotopic (exact) mass is 363 g/mol. The molecular formula is C24H29NO2. The number of hydrogen-bond acceptors (Lipinski definition) is 2. The molecule has 4 aliphatic rings. The first-order chi connectivity index (χ1) is 13.1. The molecular weight excluding hydrogens is 334 g/mol. The van der Waals surface area contributed by atoms with Gasteiger partial charge < -0.3 is 10.1 Å². The fourth-order valence-electron chi connectivity index (χ4n) is 6.61. The average molecular weight is 364 g/mol. The van der Waals surface area contributed by atoms with Crippen LogP contribution in [0.15, 0.2) is 42.5 Å². The number of ether oxygens (including phenoxy) is 1. The summed E-state index contributed by atoms with van der Waals surface area (Å²) >= 11 is 0. The van der Waals surface area contributed by atoms with Crippen LogP contribution in [0, 0.1) is 23.2 Å². The highest BCUT2D eigenvalue weighted by Gasteiger charge is 2.53. The van der Waals surface area contributed by atoms with Gasteiger partial charge in [-0.25, -0.2) is 0 Å². The molecule has 2 aromatic carbocycles. The molecule has 142 valence electrons. The minimum Gasteiger partial charge on any atom is -0.483 e. The maximum Gasteiger partial charge on any atom is 0.258 e. The molecule has 4 bridgehead atoms. The first kappa shape index (κ1) is 17.1. The smallest absolute Gasteiger partial charge is 0.258 e. The van der Waals surface area contributed by atoms with Gasteiger partial charge in [0.2, 0.25) is 0 Å². The molecule has 0 heterocycles. The summed E-state index contributed by atoms with van der Waals surface area (Å²) in [5.41, 5.74) is 0.337. The van der Waals surface area contributed by atoms with Gasteiger partial charge in [-0.1, -0.05) is 36.4 Å². The number of nitrogens with one attached hydrogen (secondary N) is 1. The maximum absolute atomic E-state index is 12.6. The lowest BCUT2D eigenvalue weighted by Crippen LogP contribution is -2.56. The highest BCUT2D eigenvalue weighted by atomic mass is 16.5. The van der Waals surface area contributed by atoms with E-state index >= 15 is 0 Å². The minimum absolute atomic E-state index is 0.00572. The summed E-state index contributed by atoms with van der Waals surface area (Å²) in [6, 6.07) is 14.4. The third kappa shape index (κ3) is 3.11. The normalized spacial score (nSPS) is 32.4. The van der Waals surface area contributed by atoms with Gasteiger partial charge in [0.1, 0.15) is 5.75 Å². The van der Waals surface area contributed by atoms with E-state index in [2.05, 4.69) is 24.4 Å². The van der Waals surface area contributed by atoms with Crippen molar-refractivity contribution in [3.63, 3.8) is 0 Å². The van der Waals surface area contributed by atoms with E-state index in [1.807, 2.05) is 30.3 Å². The highest BCUT2D eigenvalue weighted by molar-refractivity contribution is 5.88. The Labute approximate surface area is 161 Å². The quantitative estimate of drug-likeness (QED) is 0.817. The Bertz CT molecular complexity index is 818. The Balaban J connectivity index is 1.23. The van der Waals surface area contributed by atoms with E-state index in [9.17, 15) is 4.79 Å². The lowest BCUT2D eigenvalue weighted by molar-refractivity contribution is -0.127. The van der Waals surface area contributed by atoms with E-state index < -0.39 is 0 Å². The van der Waals surface area contributed by atoms with E-state index in [1.54, 1.807) is 0 Å². The average Bonchev–Trinajstić information content (AvgIpc) is 2.65. The zero-order chi connectivity index (χ0) is 18.4. The van der Waals surface area contributed by atoms with Gasteiger partial charge in [-0.3, -0.25) is 4.79 Å². The van der Waals surface area contributed by atoms with Crippen molar-refractivity contribution < 1.29 is 9.53 Å². The molecule has 4 fully saturated rings. The SMILES string of the molecule is C[C@H](NC(=O)COc1cccc2ccccc12)C12CC3CC(CC(C3)C1)C2. The number of carbonyl (C=O) groups excluding carboxylic acids is 1. The first-order valence-electron chi connectivity index (χ1n) is 10.5. The van der Waals surface area contributed by atoms with Gasteiger partial charge in [-0.15, -0.1) is 0 Å². The van der Waals surface area contributed by atoms with Crippen molar-refractivity contribution in [3.05, 3.63) is 42.5 Å². The summed E-state index contributed by atoms with van der Waals surface area (Å²) in [6.07, 6.45) is 8.23. The number of carbonyl (C=O) groups is 1. The molecule has 6 rings (SSSR count). The Morgan fingerprint density at radius 2 is 1.67 bits per heavy atom. The van der Waals surface area contributed by atoms with Crippen LogP contribution >= 0.6 is 0 Å². The molecule has 0 unspecified atom stereocenters. The minimum atomic E-state index is 0.00572. The topological polar surface area (TPSA) is 38.3 Å². The van der Waals surface area contributed by atoms with Crippen LogP contribution in [0.1, 0.15) is 45.4 Å². The molecule has 1 atom stereocenters. The van der Waals surface area contributed by atoms with Crippen LogP contribution in [0.5, 0.6) is 5.75 Å². The summed E-state index contributed by atoms with van der Waals surface area (Å²) in [5, 5.41) is 5.49. The van der Waals surface area contributed by atoms with E-state index in [4.69, 9.17) is 4.74 Å². The second-order valence-corrected chi connectivity index (χ2v) is 9.34. The maximum atomic E-state index is 12.6. The molecule has 4 saturated carbocycles. The third-order valence-corrected chi connectivity index (χ3v) is 7.49. The van der Waals surface area contributed by atoms with Crippen molar-refractivity contribution in [3.8, 4) is 5.75 Å². The largest absolute Gasteiger partial charge is 0.483 e. The van der Waals surface area contributed by atoms with Gasteiger partial charge in [0.05, 0.1) is 0 Å². The lowest BCUT2D eigenvalue weighted by Gasteiger charge is -2.59. The molecule has 2 aromatic rings. The zero-order valence-corrected chi connectivity index (χ0v) is 16.1. The molecule has 1 amide bonds. The van der Waals surface area contributed by atoms with Crippen molar-refractivity contribution in [1.29, 1.82) is 0 Å².